The zero-order valence-electron chi connectivity index (χ0n) is 8.23. The first-order chi connectivity index (χ1) is 6.24. The van der Waals surface area contributed by atoms with Gasteiger partial charge in [-0.15, -0.1) is 0 Å². The second-order valence-corrected chi connectivity index (χ2v) is 3.24. The Morgan fingerprint density at radius 1 is 1.38 bits per heavy atom. The SMILES string of the molecule is CCCCNc1ccc(F)c(C)c1. The van der Waals surface area contributed by atoms with Crippen molar-refractivity contribution >= 4 is 5.69 Å². The van der Waals surface area contributed by atoms with Crippen LogP contribution in [0.15, 0.2) is 18.2 Å². The van der Waals surface area contributed by atoms with Gasteiger partial charge in [0.1, 0.15) is 5.82 Å². The van der Waals surface area contributed by atoms with Crippen molar-refractivity contribution in [3.05, 3.63) is 29.6 Å². The number of rotatable bonds is 4. The average molecular weight is 181 g/mol. The van der Waals surface area contributed by atoms with Crippen molar-refractivity contribution in [2.75, 3.05) is 11.9 Å². The molecule has 0 aliphatic rings. The fourth-order valence-corrected chi connectivity index (χ4v) is 1.16. The first-order valence-electron chi connectivity index (χ1n) is 4.74. The molecule has 0 aliphatic carbocycles. The van der Waals surface area contributed by atoms with Gasteiger partial charge in [0, 0.05) is 12.2 Å². The molecule has 1 aromatic rings. The molecule has 0 heterocycles. The Morgan fingerprint density at radius 3 is 2.77 bits per heavy atom. The average Bonchev–Trinajstić information content (AvgIpc) is 2.12. The minimum absolute atomic E-state index is 0.138. The Balaban J connectivity index is 2.53. The van der Waals surface area contributed by atoms with Gasteiger partial charge >= 0.3 is 0 Å². The Kier molecular flexibility index (Phi) is 3.74. The predicted molar refractivity (Wildman–Crippen MR) is 54.5 cm³/mol. The number of benzene rings is 1. The summed E-state index contributed by atoms with van der Waals surface area (Å²) in [6.45, 7) is 4.89. The van der Waals surface area contributed by atoms with E-state index in [1.807, 2.05) is 6.07 Å². The molecule has 0 fully saturated rings. The molecule has 0 unspecified atom stereocenters. The van der Waals surface area contributed by atoms with Crippen LogP contribution in [0.4, 0.5) is 10.1 Å². The van der Waals surface area contributed by atoms with E-state index in [1.54, 1.807) is 13.0 Å². The summed E-state index contributed by atoms with van der Waals surface area (Å²) in [5.41, 5.74) is 1.70. The second-order valence-electron chi connectivity index (χ2n) is 3.24. The van der Waals surface area contributed by atoms with Crippen LogP contribution in [0.2, 0.25) is 0 Å². The molecule has 2 heteroatoms. The van der Waals surface area contributed by atoms with E-state index in [4.69, 9.17) is 0 Å². The summed E-state index contributed by atoms with van der Waals surface area (Å²) < 4.78 is 12.9. The van der Waals surface area contributed by atoms with Crippen LogP contribution in [0.3, 0.4) is 0 Å². The summed E-state index contributed by atoms with van der Waals surface area (Å²) in [6.07, 6.45) is 2.32. The van der Waals surface area contributed by atoms with Crippen LogP contribution in [0, 0.1) is 12.7 Å². The number of nitrogens with one attached hydrogen (secondary N) is 1. The molecule has 1 nitrogen and oxygen atoms in total. The molecule has 0 radical (unpaired) electrons. The van der Waals surface area contributed by atoms with E-state index < -0.39 is 0 Å². The molecular weight excluding hydrogens is 165 g/mol. The van der Waals surface area contributed by atoms with Crippen molar-refractivity contribution in [3.8, 4) is 0 Å². The Labute approximate surface area is 79.0 Å². The zero-order chi connectivity index (χ0) is 9.68. The lowest BCUT2D eigenvalue weighted by Crippen LogP contribution is -2.01. The molecule has 72 valence electrons. The highest BCUT2D eigenvalue weighted by Crippen LogP contribution is 2.13. The van der Waals surface area contributed by atoms with Gasteiger partial charge in [-0.2, -0.15) is 0 Å². The maximum atomic E-state index is 12.9. The smallest absolute Gasteiger partial charge is 0.126 e. The molecule has 0 saturated heterocycles. The minimum Gasteiger partial charge on any atom is -0.385 e. The quantitative estimate of drug-likeness (QED) is 0.702. The molecule has 13 heavy (non-hydrogen) atoms. The molecule has 0 atom stereocenters. The van der Waals surface area contributed by atoms with E-state index in [-0.39, 0.29) is 5.82 Å². The van der Waals surface area contributed by atoms with Crippen molar-refractivity contribution in [1.29, 1.82) is 0 Å². The summed E-state index contributed by atoms with van der Waals surface area (Å²) in [7, 11) is 0. The molecule has 0 bridgehead atoms. The van der Waals surface area contributed by atoms with E-state index in [9.17, 15) is 4.39 Å². The van der Waals surface area contributed by atoms with E-state index >= 15 is 0 Å². The molecule has 1 rings (SSSR count). The Morgan fingerprint density at radius 2 is 2.15 bits per heavy atom. The van der Waals surface area contributed by atoms with Gasteiger partial charge < -0.3 is 5.32 Å². The number of aryl methyl sites for hydroxylation is 1. The van der Waals surface area contributed by atoms with Gasteiger partial charge in [0.15, 0.2) is 0 Å². The van der Waals surface area contributed by atoms with Crippen molar-refractivity contribution < 1.29 is 4.39 Å². The van der Waals surface area contributed by atoms with Gasteiger partial charge in [-0.3, -0.25) is 0 Å². The van der Waals surface area contributed by atoms with Crippen molar-refractivity contribution in [2.45, 2.75) is 26.7 Å². The first-order valence-corrected chi connectivity index (χ1v) is 4.74. The third-order valence-electron chi connectivity index (χ3n) is 2.02. The van der Waals surface area contributed by atoms with Crippen LogP contribution in [-0.2, 0) is 0 Å². The van der Waals surface area contributed by atoms with Gasteiger partial charge in [0.2, 0.25) is 0 Å². The van der Waals surface area contributed by atoms with Crippen LogP contribution < -0.4 is 5.32 Å². The van der Waals surface area contributed by atoms with Gasteiger partial charge in [-0.25, -0.2) is 4.39 Å². The summed E-state index contributed by atoms with van der Waals surface area (Å²) in [6, 6.07) is 5.12. The highest BCUT2D eigenvalue weighted by Gasteiger charge is 1.97. The van der Waals surface area contributed by atoms with Crippen LogP contribution in [0.5, 0.6) is 0 Å². The molecule has 0 saturated carbocycles. The fraction of sp³-hybridized carbons (Fsp3) is 0.455. The number of unbranched alkanes of at least 4 members (excludes halogenated alkanes) is 1. The lowest BCUT2D eigenvalue weighted by molar-refractivity contribution is 0.618. The lowest BCUT2D eigenvalue weighted by atomic mass is 10.2. The van der Waals surface area contributed by atoms with Crippen molar-refractivity contribution in [3.63, 3.8) is 0 Å². The highest BCUT2D eigenvalue weighted by molar-refractivity contribution is 5.45. The standard InChI is InChI=1S/C11H16FN/c1-3-4-7-13-10-5-6-11(12)9(2)8-10/h5-6,8,13H,3-4,7H2,1-2H3. The third kappa shape index (κ3) is 3.05. The minimum atomic E-state index is -0.138. The normalized spacial score (nSPS) is 10.1. The summed E-state index contributed by atoms with van der Waals surface area (Å²) in [5, 5.41) is 3.25. The van der Waals surface area contributed by atoms with Crippen LogP contribution in [-0.4, -0.2) is 6.54 Å². The number of hydrogen-bond donors (Lipinski definition) is 1. The van der Waals surface area contributed by atoms with E-state index in [0.717, 1.165) is 18.7 Å². The van der Waals surface area contributed by atoms with E-state index in [2.05, 4.69) is 12.2 Å². The van der Waals surface area contributed by atoms with Gasteiger partial charge in [0.25, 0.3) is 0 Å². The maximum absolute atomic E-state index is 12.9. The van der Waals surface area contributed by atoms with E-state index in [0.29, 0.717) is 5.56 Å². The number of hydrogen-bond acceptors (Lipinski definition) is 1. The predicted octanol–water partition coefficient (Wildman–Crippen LogP) is 3.35. The molecule has 1 aromatic carbocycles. The van der Waals surface area contributed by atoms with Crippen LogP contribution in [0.25, 0.3) is 0 Å². The third-order valence-corrected chi connectivity index (χ3v) is 2.02. The van der Waals surface area contributed by atoms with Crippen LogP contribution in [0.1, 0.15) is 25.3 Å². The zero-order valence-corrected chi connectivity index (χ0v) is 8.23. The lowest BCUT2D eigenvalue weighted by Gasteiger charge is -2.06. The van der Waals surface area contributed by atoms with Crippen molar-refractivity contribution in [2.24, 2.45) is 0 Å². The fourth-order valence-electron chi connectivity index (χ4n) is 1.16. The largest absolute Gasteiger partial charge is 0.385 e. The molecule has 0 aliphatic heterocycles. The summed E-state index contributed by atoms with van der Waals surface area (Å²) in [5.74, 6) is -0.138. The first kappa shape index (κ1) is 10.0. The highest BCUT2D eigenvalue weighted by atomic mass is 19.1. The Bertz CT molecular complexity index is 271. The molecule has 1 N–H and O–H groups in total. The van der Waals surface area contributed by atoms with E-state index in [1.165, 1.54) is 12.5 Å². The molecule has 0 amide bonds. The molecule has 0 spiro atoms. The number of anilines is 1. The topological polar surface area (TPSA) is 12.0 Å². The Hall–Kier alpha value is -1.05. The molecular formula is C11H16FN. The van der Waals surface area contributed by atoms with Gasteiger partial charge in [-0.1, -0.05) is 13.3 Å². The van der Waals surface area contributed by atoms with Crippen LogP contribution >= 0.6 is 0 Å². The second kappa shape index (κ2) is 4.85. The summed E-state index contributed by atoms with van der Waals surface area (Å²) >= 11 is 0. The number of halogens is 1. The van der Waals surface area contributed by atoms with Gasteiger partial charge in [-0.05, 0) is 37.1 Å². The molecule has 0 aromatic heterocycles. The monoisotopic (exact) mass is 181 g/mol. The van der Waals surface area contributed by atoms with Crippen molar-refractivity contribution in [1.82, 2.24) is 0 Å². The maximum Gasteiger partial charge on any atom is 0.126 e. The van der Waals surface area contributed by atoms with Gasteiger partial charge in [0.05, 0.1) is 0 Å². The summed E-state index contributed by atoms with van der Waals surface area (Å²) in [4.78, 5) is 0.